The van der Waals surface area contributed by atoms with Crippen LogP contribution in [-0.2, 0) is 0 Å². The summed E-state index contributed by atoms with van der Waals surface area (Å²) in [7, 11) is 0. The molecular weight excluding hydrogens is 310 g/mol. The Kier molecular flexibility index (Phi) is 3.81. The summed E-state index contributed by atoms with van der Waals surface area (Å²) >= 11 is 1.58. The van der Waals surface area contributed by atoms with Crippen LogP contribution in [0.1, 0.15) is 0 Å². The van der Waals surface area contributed by atoms with Crippen LogP contribution in [0.15, 0.2) is 42.0 Å². The summed E-state index contributed by atoms with van der Waals surface area (Å²) in [5.74, 6) is 0.904. The van der Waals surface area contributed by atoms with E-state index in [1.807, 2.05) is 30.3 Å². The zero-order valence-corrected chi connectivity index (χ0v) is 13.2. The van der Waals surface area contributed by atoms with E-state index in [4.69, 9.17) is 0 Å². The van der Waals surface area contributed by atoms with E-state index in [1.54, 1.807) is 23.0 Å². The van der Waals surface area contributed by atoms with Crippen LogP contribution in [0.4, 0.5) is 10.9 Å². The van der Waals surface area contributed by atoms with Crippen LogP contribution in [0.2, 0.25) is 0 Å². The van der Waals surface area contributed by atoms with E-state index in [2.05, 4.69) is 35.2 Å². The van der Waals surface area contributed by atoms with E-state index >= 15 is 0 Å². The van der Waals surface area contributed by atoms with Crippen molar-refractivity contribution < 1.29 is 0 Å². The number of nitrogens with zero attached hydrogens (tertiary/aromatic N) is 7. The largest absolute Gasteiger partial charge is 0.352 e. The Bertz CT molecular complexity index is 737. The molecule has 1 aliphatic rings. The molecule has 0 saturated carbocycles. The molecule has 0 spiro atoms. The highest BCUT2D eigenvalue weighted by molar-refractivity contribution is 7.13. The molecule has 0 aromatic carbocycles. The van der Waals surface area contributed by atoms with Gasteiger partial charge in [-0.1, -0.05) is 17.4 Å². The van der Waals surface area contributed by atoms with Crippen LogP contribution in [0.25, 0.3) is 11.4 Å². The maximum Gasteiger partial charge on any atom is 0.208 e. The lowest BCUT2D eigenvalue weighted by molar-refractivity contribution is 0.640. The van der Waals surface area contributed by atoms with E-state index in [1.165, 1.54) is 0 Å². The number of aromatic nitrogens is 5. The first-order valence-corrected chi connectivity index (χ1v) is 8.29. The fraction of sp³-hybridized carbons (Fsp3) is 0.267. The SMILES string of the molecule is c1ccc(-c2ccc(N3CCN(c4nncs4)CC3)nn2)nc1. The molecule has 1 saturated heterocycles. The van der Waals surface area contributed by atoms with Crippen LogP contribution in [0, 0.1) is 0 Å². The molecule has 23 heavy (non-hydrogen) atoms. The Morgan fingerprint density at radius 1 is 0.826 bits per heavy atom. The van der Waals surface area contributed by atoms with Gasteiger partial charge in [0.15, 0.2) is 5.82 Å². The Hall–Kier alpha value is -2.61. The summed E-state index contributed by atoms with van der Waals surface area (Å²) in [5.41, 5.74) is 3.40. The van der Waals surface area contributed by atoms with Gasteiger partial charge in [0.05, 0.1) is 5.69 Å². The molecule has 4 rings (SSSR count). The second-order valence-electron chi connectivity index (χ2n) is 5.19. The van der Waals surface area contributed by atoms with Gasteiger partial charge in [-0.25, -0.2) is 0 Å². The van der Waals surface area contributed by atoms with Crippen LogP contribution in [0.3, 0.4) is 0 Å². The van der Waals surface area contributed by atoms with Crippen molar-refractivity contribution in [3.05, 3.63) is 42.0 Å². The molecule has 0 amide bonds. The lowest BCUT2D eigenvalue weighted by atomic mass is 10.2. The Labute approximate surface area is 137 Å². The third-order valence-corrected chi connectivity index (χ3v) is 4.55. The topological polar surface area (TPSA) is 70.9 Å². The molecule has 0 radical (unpaired) electrons. The first-order valence-electron chi connectivity index (χ1n) is 7.41. The molecule has 0 aliphatic carbocycles. The fourth-order valence-electron chi connectivity index (χ4n) is 2.58. The summed E-state index contributed by atoms with van der Waals surface area (Å²) in [6.45, 7) is 3.63. The predicted molar refractivity (Wildman–Crippen MR) is 89.6 cm³/mol. The lowest BCUT2D eigenvalue weighted by Crippen LogP contribution is -2.46. The van der Waals surface area contributed by atoms with Gasteiger partial charge in [-0.2, -0.15) is 0 Å². The van der Waals surface area contributed by atoms with Crippen molar-refractivity contribution in [1.29, 1.82) is 0 Å². The van der Waals surface area contributed by atoms with E-state index in [9.17, 15) is 0 Å². The lowest BCUT2D eigenvalue weighted by Gasteiger charge is -2.34. The number of piperazine rings is 1. The first kappa shape index (κ1) is 14.0. The number of rotatable bonds is 3. The Morgan fingerprint density at radius 3 is 2.35 bits per heavy atom. The average molecular weight is 325 g/mol. The van der Waals surface area contributed by atoms with E-state index in [0.717, 1.165) is 48.5 Å². The van der Waals surface area contributed by atoms with Crippen molar-refractivity contribution in [3.8, 4) is 11.4 Å². The second kappa shape index (κ2) is 6.25. The quantitative estimate of drug-likeness (QED) is 0.726. The predicted octanol–water partition coefficient (Wildman–Crippen LogP) is 1.72. The first-order chi connectivity index (χ1) is 11.4. The molecule has 0 unspecified atom stereocenters. The Morgan fingerprint density at radius 2 is 1.70 bits per heavy atom. The molecule has 7 nitrogen and oxygen atoms in total. The van der Waals surface area contributed by atoms with Crippen LogP contribution < -0.4 is 9.80 Å². The smallest absolute Gasteiger partial charge is 0.208 e. The number of hydrogen-bond acceptors (Lipinski definition) is 8. The summed E-state index contributed by atoms with van der Waals surface area (Å²) in [4.78, 5) is 8.79. The van der Waals surface area contributed by atoms with E-state index in [-0.39, 0.29) is 0 Å². The third-order valence-electron chi connectivity index (χ3n) is 3.80. The van der Waals surface area contributed by atoms with Gasteiger partial charge in [0.25, 0.3) is 0 Å². The summed E-state index contributed by atoms with van der Waals surface area (Å²) in [5, 5.41) is 17.7. The molecule has 3 aromatic rings. The highest BCUT2D eigenvalue weighted by Gasteiger charge is 2.20. The zero-order chi connectivity index (χ0) is 15.5. The van der Waals surface area contributed by atoms with Crippen molar-refractivity contribution in [3.63, 3.8) is 0 Å². The monoisotopic (exact) mass is 325 g/mol. The van der Waals surface area contributed by atoms with Crippen molar-refractivity contribution in [2.75, 3.05) is 36.0 Å². The van der Waals surface area contributed by atoms with Gasteiger partial charge in [-0.05, 0) is 24.3 Å². The third kappa shape index (κ3) is 2.98. The fourth-order valence-corrected chi connectivity index (χ4v) is 3.19. The number of hydrogen-bond donors (Lipinski definition) is 0. The number of anilines is 2. The molecule has 3 aromatic heterocycles. The van der Waals surface area contributed by atoms with Gasteiger partial charge in [0.1, 0.15) is 11.2 Å². The highest BCUT2D eigenvalue weighted by atomic mass is 32.1. The van der Waals surface area contributed by atoms with Crippen LogP contribution >= 0.6 is 11.3 Å². The molecule has 1 aliphatic heterocycles. The molecule has 116 valence electrons. The van der Waals surface area contributed by atoms with Crippen LogP contribution in [-0.4, -0.2) is 51.6 Å². The standard InChI is InChI=1S/C15H15N7S/c1-2-6-16-12(3-1)13-4-5-14(19-18-13)21-7-9-22(10-8-21)15-20-17-11-23-15/h1-6,11H,7-10H2. The maximum atomic E-state index is 4.36. The van der Waals surface area contributed by atoms with Crippen LogP contribution in [0.5, 0.6) is 0 Å². The van der Waals surface area contributed by atoms with Gasteiger partial charge < -0.3 is 9.80 Å². The zero-order valence-electron chi connectivity index (χ0n) is 12.4. The van der Waals surface area contributed by atoms with E-state index in [0.29, 0.717) is 0 Å². The Balaban J connectivity index is 1.43. The van der Waals surface area contributed by atoms with Crippen molar-refractivity contribution in [2.45, 2.75) is 0 Å². The molecule has 0 atom stereocenters. The summed E-state index contributed by atoms with van der Waals surface area (Å²) in [6, 6.07) is 9.76. The summed E-state index contributed by atoms with van der Waals surface area (Å²) < 4.78 is 0. The van der Waals surface area contributed by atoms with Gasteiger partial charge >= 0.3 is 0 Å². The van der Waals surface area contributed by atoms with Crippen molar-refractivity contribution in [2.24, 2.45) is 0 Å². The van der Waals surface area contributed by atoms with Gasteiger partial charge in [0, 0.05) is 32.4 Å². The minimum absolute atomic E-state index is 0.793. The van der Waals surface area contributed by atoms with Gasteiger partial charge in [-0.15, -0.1) is 20.4 Å². The molecule has 0 N–H and O–H groups in total. The molecule has 1 fully saturated rings. The molecule has 0 bridgehead atoms. The van der Waals surface area contributed by atoms with Gasteiger partial charge in [-0.3, -0.25) is 4.98 Å². The molecule has 8 heteroatoms. The minimum Gasteiger partial charge on any atom is -0.352 e. The normalized spacial score (nSPS) is 15.0. The number of pyridine rings is 1. The average Bonchev–Trinajstić information content (AvgIpc) is 3.18. The molecule has 4 heterocycles. The van der Waals surface area contributed by atoms with Crippen molar-refractivity contribution in [1.82, 2.24) is 25.4 Å². The minimum atomic E-state index is 0.793. The maximum absolute atomic E-state index is 4.36. The van der Waals surface area contributed by atoms with E-state index < -0.39 is 0 Å². The summed E-state index contributed by atoms with van der Waals surface area (Å²) in [6.07, 6.45) is 1.76. The van der Waals surface area contributed by atoms with Crippen molar-refractivity contribution >= 4 is 22.3 Å². The highest BCUT2D eigenvalue weighted by Crippen LogP contribution is 2.21. The molecular formula is C15H15N7S. The van der Waals surface area contributed by atoms with Gasteiger partial charge in [0.2, 0.25) is 5.13 Å². The second-order valence-corrected chi connectivity index (χ2v) is 6.00.